The summed E-state index contributed by atoms with van der Waals surface area (Å²) in [5, 5.41) is 7.12. The first kappa shape index (κ1) is 23.1. The quantitative estimate of drug-likeness (QED) is 0.678. The van der Waals surface area contributed by atoms with E-state index in [1.165, 1.54) is 11.8 Å². The lowest BCUT2D eigenvalue weighted by Gasteiger charge is -2.33. The number of carbonyl (C=O) groups excluding carboxylic acids is 2. The number of aliphatic carboxylic acids is 1. The van der Waals surface area contributed by atoms with Crippen LogP contribution < -0.4 is 5.73 Å². The topological polar surface area (TPSA) is 101 Å². The van der Waals surface area contributed by atoms with Crippen molar-refractivity contribution in [3.8, 4) is 0 Å². The SMILES string of the molecule is CC(CF)C(C(=O)C(F)F)N1CCCC1C(N)=O.O=C(O)C(F)(F)F. The maximum Gasteiger partial charge on any atom is 0.490 e. The smallest absolute Gasteiger partial charge is 0.475 e. The van der Waals surface area contributed by atoms with E-state index >= 15 is 0 Å². The molecule has 1 rings (SSSR count). The van der Waals surface area contributed by atoms with Crippen LogP contribution in [0.2, 0.25) is 0 Å². The van der Waals surface area contributed by atoms with Crippen LogP contribution in [0.25, 0.3) is 0 Å². The van der Waals surface area contributed by atoms with Gasteiger partial charge in [-0.25, -0.2) is 13.6 Å². The standard InChI is InChI=1S/C11H17F3N2O2.C2HF3O2/c1-6(5-12)8(9(17)10(13)14)16-4-2-3-7(16)11(15)18;3-2(4,5)1(6)7/h6-8,10H,2-5H2,1H3,(H2,15,18);(H,6,7). The fraction of sp³-hybridized carbons (Fsp3) is 0.769. The molecule has 0 aliphatic carbocycles. The number of hydrogen-bond acceptors (Lipinski definition) is 4. The lowest BCUT2D eigenvalue weighted by atomic mass is 9.96. The Bertz CT molecular complexity index is 486. The molecular weight excluding hydrogens is 362 g/mol. The number of primary amides is 1. The molecule has 0 saturated carbocycles. The van der Waals surface area contributed by atoms with E-state index in [4.69, 9.17) is 15.6 Å². The highest BCUT2D eigenvalue weighted by Crippen LogP contribution is 2.26. The van der Waals surface area contributed by atoms with Crippen LogP contribution in [0, 0.1) is 5.92 Å². The zero-order valence-corrected chi connectivity index (χ0v) is 13.1. The molecule has 1 saturated heterocycles. The molecule has 0 bridgehead atoms. The normalized spacial score (nSPS) is 20.6. The molecule has 0 aromatic carbocycles. The molecule has 146 valence electrons. The van der Waals surface area contributed by atoms with Crippen LogP contribution in [0.15, 0.2) is 0 Å². The van der Waals surface area contributed by atoms with Crippen LogP contribution in [0.5, 0.6) is 0 Å². The van der Waals surface area contributed by atoms with Crippen LogP contribution in [0.4, 0.5) is 26.3 Å². The summed E-state index contributed by atoms with van der Waals surface area (Å²) in [5.74, 6) is -5.64. The maximum absolute atomic E-state index is 12.7. The number of hydrogen-bond donors (Lipinski definition) is 2. The van der Waals surface area contributed by atoms with Crippen molar-refractivity contribution in [1.82, 2.24) is 4.90 Å². The maximum atomic E-state index is 12.7. The third-order valence-electron chi connectivity index (χ3n) is 3.51. The Labute approximate surface area is 138 Å². The Morgan fingerprint density at radius 2 is 1.76 bits per heavy atom. The fourth-order valence-electron chi connectivity index (χ4n) is 2.41. The lowest BCUT2D eigenvalue weighted by Crippen LogP contribution is -2.53. The van der Waals surface area contributed by atoms with Crippen molar-refractivity contribution in [3.05, 3.63) is 0 Å². The van der Waals surface area contributed by atoms with Crippen molar-refractivity contribution >= 4 is 17.7 Å². The van der Waals surface area contributed by atoms with Crippen LogP contribution in [-0.2, 0) is 14.4 Å². The van der Waals surface area contributed by atoms with Crippen molar-refractivity contribution in [2.45, 2.75) is 44.5 Å². The predicted octanol–water partition coefficient (Wildman–Crippen LogP) is 1.38. The molecule has 1 heterocycles. The average Bonchev–Trinajstić information content (AvgIpc) is 2.96. The van der Waals surface area contributed by atoms with E-state index in [0.717, 1.165) is 0 Å². The van der Waals surface area contributed by atoms with Crippen molar-refractivity contribution in [2.24, 2.45) is 11.7 Å². The largest absolute Gasteiger partial charge is 0.490 e. The second-order valence-electron chi connectivity index (χ2n) is 5.38. The number of ketones is 1. The molecule has 1 fully saturated rings. The summed E-state index contributed by atoms with van der Waals surface area (Å²) in [6.45, 7) is 0.785. The molecule has 0 radical (unpaired) electrons. The number of halogens is 6. The second kappa shape index (κ2) is 9.59. The van der Waals surface area contributed by atoms with Gasteiger partial charge in [0, 0.05) is 5.92 Å². The van der Waals surface area contributed by atoms with Gasteiger partial charge >= 0.3 is 12.1 Å². The third kappa shape index (κ3) is 6.88. The van der Waals surface area contributed by atoms with Gasteiger partial charge in [-0.1, -0.05) is 6.92 Å². The molecule has 3 unspecified atom stereocenters. The number of carbonyl (C=O) groups is 3. The van der Waals surface area contributed by atoms with E-state index < -0.39 is 54.9 Å². The summed E-state index contributed by atoms with van der Waals surface area (Å²) < 4.78 is 69.5. The van der Waals surface area contributed by atoms with Crippen molar-refractivity contribution in [1.29, 1.82) is 0 Å². The minimum Gasteiger partial charge on any atom is -0.475 e. The van der Waals surface area contributed by atoms with Crippen molar-refractivity contribution in [2.75, 3.05) is 13.2 Å². The molecule has 3 atom stereocenters. The number of amides is 1. The van der Waals surface area contributed by atoms with Gasteiger partial charge in [-0.2, -0.15) is 13.2 Å². The molecule has 25 heavy (non-hydrogen) atoms. The number of rotatable bonds is 6. The summed E-state index contributed by atoms with van der Waals surface area (Å²) in [7, 11) is 0. The van der Waals surface area contributed by atoms with Gasteiger partial charge in [0.15, 0.2) is 0 Å². The zero-order valence-electron chi connectivity index (χ0n) is 13.1. The number of Topliss-reactive ketones (excluding diaryl/α,β-unsaturated/α-hetero) is 1. The average molecular weight is 380 g/mol. The van der Waals surface area contributed by atoms with Crippen LogP contribution in [-0.4, -0.2) is 65.6 Å². The molecule has 3 N–H and O–H groups in total. The minimum atomic E-state index is -5.08. The van der Waals surface area contributed by atoms with Crippen LogP contribution in [0.1, 0.15) is 19.8 Å². The van der Waals surface area contributed by atoms with E-state index in [0.29, 0.717) is 19.4 Å². The Hall–Kier alpha value is -1.85. The van der Waals surface area contributed by atoms with Gasteiger partial charge in [0.2, 0.25) is 11.7 Å². The summed E-state index contributed by atoms with van der Waals surface area (Å²) in [5.41, 5.74) is 5.17. The Morgan fingerprint density at radius 3 is 2.08 bits per heavy atom. The molecule has 0 aromatic rings. The number of nitrogens with two attached hydrogens (primary N) is 1. The molecule has 0 aromatic heterocycles. The second-order valence-corrected chi connectivity index (χ2v) is 5.38. The first-order valence-electron chi connectivity index (χ1n) is 7.07. The Morgan fingerprint density at radius 1 is 1.28 bits per heavy atom. The number of carboxylic acid groups (broad SMARTS) is 1. The molecule has 1 aliphatic rings. The van der Waals surface area contributed by atoms with Crippen LogP contribution in [0.3, 0.4) is 0 Å². The van der Waals surface area contributed by atoms with Gasteiger partial charge in [-0.15, -0.1) is 0 Å². The van der Waals surface area contributed by atoms with E-state index in [-0.39, 0.29) is 0 Å². The van der Waals surface area contributed by atoms with E-state index in [1.54, 1.807) is 0 Å². The van der Waals surface area contributed by atoms with E-state index in [9.17, 15) is 35.9 Å². The summed E-state index contributed by atoms with van der Waals surface area (Å²) in [4.78, 5) is 32.9. The highest BCUT2D eigenvalue weighted by atomic mass is 19.4. The summed E-state index contributed by atoms with van der Waals surface area (Å²) >= 11 is 0. The first-order valence-corrected chi connectivity index (χ1v) is 7.07. The Balaban J connectivity index is 0.000000697. The highest BCUT2D eigenvalue weighted by Gasteiger charge is 2.42. The van der Waals surface area contributed by atoms with Gasteiger partial charge in [0.1, 0.15) is 0 Å². The molecule has 12 heteroatoms. The number of carboxylic acids is 1. The van der Waals surface area contributed by atoms with Gasteiger partial charge < -0.3 is 10.8 Å². The summed E-state index contributed by atoms with van der Waals surface area (Å²) in [6, 6.07) is -2.04. The van der Waals surface area contributed by atoms with E-state index in [2.05, 4.69) is 0 Å². The first-order chi connectivity index (χ1) is 11.3. The number of likely N-dealkylation sites (tertiary alicyclic amines) is 1. The summed E-state index contributed by atoms with van der Waals surface area (Å²) in [6.07, 6.45) is -7.25. The number of alkyl halides is 6. The lowest BCUT2D eigenvalue weighted by molar-refractivity contribution is -0.192. The molecule has 6 nitrogen and oxygen atoms in total. The zero-order chi connectivity index (χ0) is 19.9. The van der Waals surface area contributed by atoms with Crippen molar-refractivity contribution < 1.29 is 45.8 Å². The third-order valence-corrected chi connectivity index (χ3v) is 3.51. The minimum absolute atomic E-state index is 0.307. The number of nitrogens with zero attached hydrogens (tertiary/aromatic N) is 1. The molecule has 0 spiro atoms. The molecule has 1 aliphatic heterocycles. The molecular formula is C13H18F6N2O4. The van der Waals surface area contributed by atoms with Gasteiger partial charge in [-0.05, 0) is 19.4 Å². The Kier molecular flexibility index (Phi) is 8.88. The monoisotopic (exact) mass is 380 g/mol. The molecule has 1 amide bonds. The van der Waals surface area contributed by atoms with Crippen LogP contribution >= 0.6 is 0 Å². The van der Waals surface area contributed by atoms with E-state index in [1.807, 2.05) is 0 Å². The van der Waals surface area contributed by atoms with Crippen molar-refractivity contribution in [3.63, 3.8) is 0 Å². The van der Waals surface area contributed by atoms with Gasteiger partial charge in [-0.3, -0.25) is 18.9 Å². The van der Waals surface area contributed by atoms with Gasteiger partial charge in [0.25, 0.3) is 6.43 Å². The van der Waals surface area contributed by atoms with Gasteiger partial charge in [0.05, 0.1) is 18.8 Å². The fourth-order valence-corrected chi connectivity index (χ4v) is 2.41. The predicted molar refractivity (Wildman–Crippen MR) is 72.6 cm³/mol. The highest BCUT2D eigenvalue weighted by molar-refractivity contribution is 5.88.